The topological polar surface area (TPSA) is 66.7 Å². The number of benzene rings is 1. The zero-order chi connectivity index (χ0) is 13.4. The molecule has 98 valence electrons. The second-order valence-electron chi connectivity index (χ2n) is 4.62. The lowest BCUT2D eigenvalue weighted by atomic mass is 10.0. The van der Waals surface area contributed by atoms with Gasteiger partial charge in [0.05, 0.1) is 5.69 Å². The van der Waals surface area contributed by atoms with Crippen molar-refractivity contribution in [3.05, 3.63) is 35.5 Å². The van der Waals surface area contributed by atoms with E-state index in [0.717, 1.165) is 40.2 Å². The summed E-state index contributed by atoms with van der Waals surface area (Å²) in [6, 6.07) is 6.06. The molecule has 1 aromatic carbocycles. The summed E-state index contributed by atoms with van der Waals surface area (Å²) < 4.78 is 5.59. The summed E-state index contributed by atoms with van der Waals surface area (Å²) in [5.41, 5.74) is 5.99. The number of hydrogen-bond acceptors (Lipinski definition) is 4. The van der Waals surface area contributed by atoms with Crippen molar-refractivity contribution in [1.82, 2.24) is 20.5 Å². The lowest BCUT2D eigenvalue weighted by Crippen LogP contribution is -2.06. The number of aromatic amines is 1. The van der Waals surface area contributed by atoms with Crippen molar-refractivity contribution in [2.24, 2.45) is 0 Å². The summed E-state index contributed by atoms with van der Waals surface area (Å²) in [6.07, 6.45) is 0. The molecule has 0 atom stereocenters. The first-order valence-electron chi connectivity index (χ1n) is 6.25. The Balaban J connectivity index is 2.15. The second kappa shape index (κ2) is 4.51. The Morgan fingerprint density at radius 2 is 2.16 bits per heavy atom. The van der Waals surface area contributed by atoms with Crippen LogP contribution in [0.1, 0.15) is 17.3 Å². The fraction of sp³-hybridized carbons (Fsp3) is 0.286. The standard InChI is InChI=1S/C14H16N4O/c1-8-14(12(7-15-3)18-17-8)10-4-5-11-13(6-10)19-9(2)16-11/h4-6,15H,7H2,1-3H3,(H,17,18). The molecule has 3 rings (SSSR count). The van der Waals surface area contributed by atoms with Crippen LogP contribution in [0.2, 0.25) is 0 Å². The van der Waals surface area contributed by atoms with Crippen LogP contribution in [0.25, 0.3) is 22.2 Å². The quantitative estimate of drug-likeness (QED) is 0.755. The highest BCUT2D eigenvalue weighted by Gasteiger charge is 2.13. The van der Waals surface area contributed by atoms with Crippen LogP contribution in [-0.4, -0.2) is 22.2 Å². The number of aryl methyl sites for hydroxylation is 2. The van der Waals surface area contributed by atoms with Crippen molar-refractivity contribution in [3.63, 3.8) is 0 Å². The van der Waals surface area contributed by atoms with Crippen LogP contribution in [0, 0.1) is 13.8 Å². The van der Waals surface area contributed by atoms with Gasteiger partial charge in [-0.15, -0.1) is 0 Å². The second-order valence-corrected chi connectivity index (χ2v) is 4.62. The van der Waals surface area contributed by atoms with Gasteiger partial charge in [0, 0.05) is 24.7 Å². The van der Waals surface area contributed by atoms with E-state index in [1.165, 1.54) is 0 Å². The Hall–Kier alpha value is -2.14. The van der Waals surface area contributed by atoms with Crippen LogP contribution in [0.15, 0.2) is 22.6 Å². The lowest BCUT2D eigenvalue weighted by molar-refractivity contribution is 0.561. The highest BCUT2D eigenvalue weighted by atomic mass is 16.3. The van der Waals surface area contributed by atoms with Gasteiger partial charge in [-0.2, -0.15) is 5.10 Å². The molecule has 0 bridgehead atoms. The Bertz CT molecular complexity index is 726. The molecular formula is C14H16N4O. The molecule has 2 aromatic heterocycles. The highest BCUT2D eigenvalue weighted by Crippen LogP contribution is 2.29. The number of aromatic nitrogens is 3. The Kier molecular flexibility index (Phi) is 2.83. The van der Waals surface area contributed by atoms with Gasteiger partial charge >= 0.3 is 0 Å². The van der Waals surface area contributed by atoms with Gasteiger partial charge in [-0.25, -0.2) is 4.98 Å². The minimum absolute atomic E-state index is 0.687. The third-order valence-electron chi connectivity index (χ3n) is 3.15. The molecule has 0 spiro atoms. The first kappa shape index (κ1) is 11.9. The molecule has 5 heteroatoms. The van der Waals surface area contributed by atoms with E-state index in [2.05, 4.69) is 26.6 Å². The van der Waals surface area contributed by atoms with Gasteiger partial charge in [0.2, 0.25) is 0 Å². The Morgan fingerprint density at radius 3 is 2.95 bits per heavy atom. The summed E-state index contributed by atoms with van der Waals surface area (Å²) in [5, 5.41) is 10.5. The first-order chi connectivity index (χ1) is 9.19. The molecule has 0 aliphatic heterocycles. The summed E-state index contributed by atoms with van der Waals surface area (Å²) in [7, 11) is 1.91. The molecule has 19 heavy (non-hydrogen) atoms. The van der Waals surface area contributed by atoms with E-state index in [0.29, 0.717) is 5.89 Å². The van der Waals surface area contributed by atoms with E-state index in [4.69, 9.17) is 4.42 Å². The van der Waals surface area contributed by atoms with E-state index in [1.807, 2.05) is 33.0 Å². The number of fused-ring (bicyclic) bond motifs is 1. The van der Waals surface area contributed by atoms with Gasteiger partial charge in [0.1, 0.15) is 5.52 Å². The number of nitrogens with one attached hydrogen (secondary N) is 2. The third kappa shape index (κ3) is 2.02. The van der Waals surface area contributed by atoms with E-state index in [-0.39, 0.29) is 0 Å². The zero-order valence-electron chi connectivity index (χ0n) is 11.2. The molecule has 3 aromatic rings. The maximum absolute atomic E-state index is 5.59. The first-order valence-corrected chi connectivity index (χ1v) is 6.25. The molecule has 0 amide bonds. The number of hydrogen-bond donors (Lipinski definition) is 2. The van der Waals surface area contributed by atoms with E-state index in [1.54, 1.807) is 0 Å². The molecule has 0 radical (unpaired) electrons. The average Bonchev–Trinajstić information content (AvgIpc) is 2.91. The highest BCUT2D eigenvalue weighted by molar-refractivity contribution is 5.81. The molecule has 0 saturated carbocycles. The number of H-pyrrole nitrogens is 1. The molecule has 0 saturated heterocycles. The largest absolute Gasteiger partial charge is 0.441 e. The number of oxazole rings is 1. The normalized spacial score (nSPS) is 11.3. The molecular weight excluding hydrogens is 240 g/mol. The SMILES string of the molecule is CNCc1n[nH]c(C)c1-c1ccc2nc(C)oc2c1. The van der Waals surface area contributed by atoms with Gasteiger partial charge in [-0.05, 0) is 31.7 Å². The molecule has 2 N–H and O–H groups in total. The maximum atomic E-state index is 5.59. The van der Waals surface area contributed by atoms with Crippen LogP contribution < -0.4 is 5.32 Å². The van der Waals surface area contributed by atoms with Crippen molar-refractivity contribution < 1.29 is 4.42 Å². The van der Waals surface area contributed by atoms with Gasteiger partial charge in [0.15, 0.2) is 11.5 Å². The molecule has 0 aliphatic rings. The molecule has 2 heterocycles. The van der Waals surface area contributed by atoms with Gasteiger partial charge < -0.3 is 9.73 Å². The summed E-state index contributed by atoms with van der Waals surface area (Å²) in [5.74, 6) is 0.687. The summed E-state index contributed by atoms with van der Waals surface area (Å²) >= 11 is 0. The predicted octanol–water partition coefficient (Wildman–Crippen LogP) is 2.55. The third-order valence-corrected chi connectivity index (χ3v) is 3.15. The molecule has 5 nitrogen and oxygen atoms in total. The van der Waals surface area contributed by atoms with Crippen LogP contribution >= 0.6 is 0 Å². The molecule has 0 unspecified atom stereocenters. The lowest BCUT2D eigenvalue weighted by Gasteiger charge is -2.03. The number of nitrogens with zero attached hydrogens (tertiary/aromatic N) is 2. The number of rotatable bonds is 3. The smallest absolute Gasteiger partial charge is 0.192 e. The van der Waals surface area contributed by atoms with Crippen molar-refractivity contribution >= 4 is 11.1 Å². The minimum atomic E-state index is 0.687. The van der Waals surface area contributed by atoms with Gasteiger partial charge in [-0.1, -0.05) is 6.07 Å². The van der Waals surface area contributed by atoms with E-state index < -0.39 is 0 Å². The molecule has 0 fully saturated rings. The maximum Gasteiger partial charge on any atom is 0.192 e. The minimum Gasteiger partial charge on any atom is -0.441 e. The monoisotopic (exact) mass is 256 g/mol. The fourth-order valence-corrected chi connectivity index (χ4v) is 2.35. The average molecular weight is 256 g/mol. The Labute approximate surface area is 111 Å². The van der Waals surface area contributed by atoms with Crippen LogP contribution in [-0.2, 0) is 6.54 Å². The summed E-state index contributed by atoms with van der Waals surface area (Å²) in [6.45, 7) is 4.61. The van der Waals surface area contributed by atoms with Crippen LogP contribution in [0.5, 0.6) is 0 Å². The van der Waals surface area contributed by atoms with Crippen molar-refractivity contribution in [1.29, 1.82) is 0 Å². The molecule has 0 aliphatic carbocycles. The van der Waals surface area contributed by atoms with Crippen molar-refractivity contribution in [2.75, 3.05) is 7.05 Å². The van der Waals surface area contributed by atoms with Crippen molar-refractivity contribution in [2.45, 2.75) is 20.4 Å². The summed E-state index contributed by atoms with van der Waals surface area (Å²) in [4.78, 5) is 4.31. The fourth-order valence-electron chi connectivity index (χ4n) is 2.35. The van der Waals surface area contributed by atoms with Crippen LogP contribution in [0.3, 0.4) is 0 Å². The predicted molar refractivity (Wildman–Crippen MR) is 73.8 cm³/mol. The van der Waals surface area contributed by atoms with E-state index >= 15 is 0 Å². The van der Waals surface area contributed by atoms with Gasteiger partial charge in [-0.3, -0.25) is 5.10 Å². The Morgan fingerprint density at radius 1 is 1.32 bits per heavy atom. The van der Waals surface area contributed by atoms with E-state index in [9.17, 15) is 0 Å². The van der Waals surface area contributed by atoms with Gasteiger partial charge in [0.25, 0.3) is 0 Å². The van der Waals surface area contributed by atoms with Crippen molar-refractivity contribution in [3.8, 4) is 11.1 Å². The van der Waals surface area contributed by atoms with Crippen LogP contribution in [0.4, 0.5) is 0 Å². The zero-order valence-corrected chi connectivity index (χ0v) is 11.2.